The second kappa shape index (κ2) is 8.71. The quantitative estimate of drug-likeness (QED) is 0.663. The maximum absolute atomic E-state index is 11.7. The lowest BCUT2D eigenvalue weighted by Crippen LogP contribution is -2.41. The van der Waals surface area contributed by atoms with Crippen LogP contribution in [0, 0.1) is 5.92 Å². The van der Waals surface area contributed by atoms with Gasteiger partial charge in [0.1, 0.15) is 11.5 Å². The number of ether oxygens (including phenoxy) is 2. The Bertz CT molecular complexity index is 1030. The molecule has 2 unspecified atom stereocenters. The molecule has 1 saturated heterocycles. The van der Waals surface area contributed by atoms with E-state index in [0.717, 1.165) is 46.4 Å². The lowest BCUT2D eigenvalue weighted by Gasteiger charge is -2.38. The van der Waals surface area contributed by atoms with Crippen LogP contribution < -0.4 is 9.47 Å². The number of rotatable bonds is 6. The Kier molecular flexibility index (Phi) is 5.86. The highest BCUT2D eigenvalue weighted by atomic mass is 16.5. The molecule has 1 fully saturated rings. The number of nitrogens with zero attached hydrogens (tertiary/aromatic N) is 2. The van der Waals surface area contributed by atoms with Gasteiger partial charge in [0.25, 0.3) is 0 Å². The van der Waals surface area contributed by atoms with Crippen LogP contribution in [0.5, 0.6) is 11.5 Å². The first-order valence-electron chi connectivity index (χ1n) is 10.1. The summed E-state index contributed by atoms with van der Waals surface area (Å²) in [4.78, 5) is 18.2. The molecule has 1 aromatic heterocycles. The van der Waals surface area contributed by atoms with E-state index in [1.54, 1.807) is 20.4 Å². The van der Waals surface area contributed by atoms with Crippen molar-refractivity contribution in [3.05, 3.63) is 66.0 Å². The predicted octanol–water partition coefficient (Wildman–Crippen LogP) is 4.14. The maximum atomic E-state index is 11.7. The average molecular weight is 406 g/mol. The van der Waals surface area contributed by atoms with E-state index in [0.29, 0.717) is 13.0 Å². The van der Waals surface area contributed by atoms with Gasteiger partial charge in [-0.25, -0.2) is 0 Å². The lowest BCUT2D eigenvalue weighted by molar-refractivity contribution is -0.143. The van der Waals surface area contributed by atoms with Gasteiger partial charge in [0.05, 0.1) is 31.7 Å². The number of carbonyl (C=O) groups is 1. The minimum atomic E-state index is -0.741. The minimum absolute atomic E-state index is 0.184. The van der Waals surface area contributed by atoms with Crippen LogP contribution in [0.25, 0.3) is 10.8 Å². The molecular weight excluding hydrogens is 380 g/mol. The molecule has 156 valence electrons. The van der Waals surface area contributed by atoms with Crippen molar-refractivity contribution >= 4 is 16.7 Å². The van der Waals surface area contributed by atoms with Crippen LogP contribution in [0.1, 0.15) is 30.0 Å². The second-order valence-electron chi connectivity index (χ2n) is 7.63. The summed E-state index contributed by atoms with van der Waals surface area (Å²) in [6, 6.07) is 13.9. The van der Waals surface area contributed by atoms with Crippen LogP contribution in [0.2, 0.25) is 0 Å². The molecule has 0 amide bonds. The van der Waals surface area contributed by atoms with Crippen LogP contribution in [0.3, 0.4) is 0 Å². The first-order valence-corrected chi connectivity index (χ1v) is 10.1. The molecule has 1 aliphatic heterocycles. The Morgan fingerprint density at radius 1 is 1.13 bits per heavy atom. The van der Waals surface area contributed by atoms with Crippen LogP contribution >= 0.6 is 0 Å². The summed E-state index contributed by atoms with van der Waals surface area (Å²) in [5.41, 5.74) is 1.99. The second-order valence-corrected chi connectivity index (χ2v) is 7.63. The number of benzene rings is 2. The van der Waals surface area contributed by atoms with Crippen molar-refractivity contribution in [1.29, 1.82) is 0 Å². The normalized spacial score (nSPS) is 18.1. The van der Waals surface area contributed by atoms with E-state index >= 15 is 0 Å². The SMILES string of the molecule is COc1cccc(OC)c1C(c1ccc2cnccc2c1)N1CCCC(C(=O)O)C1. The molecule has 0 spiro atoms. The summed E-state index contributed by atoms with van der Waals surface area (Å²) in [5, 5.41) is 11.8. The van der Waals surface area contributed by atoms with Gasteiger partial charge < -0.3 is 14.6 Å². The third-order valence-corrected chi connectivity index (χ3v) is 5.89. The third-order valence-electron chi connectivity index (χ3n) is 5.89. The number of aromatic nitrogens is 1. The van der Waals surface area contributed by atoms with Gasteiger partial charge in [-0.05, 0) is 54.6 Å². The summed E-state index contributed by atoms with van der Waals surface area (Å²) in [6.07, 6.45) is 5.17. The molecule has 6 nitrogen and oxygen atoms in total. The summed E-state index contributed by atoms with van der Waals surface area (Å²) < 4.78 is 11.4. The molecule has 0 aliphatic carbocycles. The van der Waals surface area contributed by atoms with E-state index in [9.17, 15) is 9.90 Å². The number of pyridine rings is 1. The minimum Gasteiger partial charge on any atom is -0.496 e. The molecule has 1 aliphatic rings. The van der Waals surface area contributed by atoms with Crippen molar-refractivity contribution in [2.24, 2.45) is 5.92 Å². The van der Waals surface area contributed by atoms with Gasteiger partial charge in [0.15, 0.2) is 0 Å². The molecule has 0 radical (unpaired) electrons. The molecule has 2 heterocycles. The predicted molar refractivity (Wildman–Crippen MR) is 115 cm³/mol. The smallest absolute Gasteiger partial charge is 0.307 e. The maximum Gasteiger partial charge on any atom is 0.307 e. The lowest BCUT2D eigenvalue weighted by atomic mass is 9.89. The number of piperidine rings is 1. The van der Waals surface area contributed by atoms with Crippen molar-refractivity contribution in [3.63, 3.8) is 0 Å². The standard InChI is InChI=1S/C24H26N2O4/c1-29-20-6-3-7-21(30-2)22(20)23(26-12-4-5-19(15-26)24(27)28)17-8-9-18-14-25-11-10-16(18)13-17/h3,6-11,13-14,19,23H,4-5,12,15H2,1-2H3,(H,27,28). The Hall–Kier alpha value is -3.12. The molecule has 6 heteroatoms. The molecule has 3 aromatic rings. The van der Waals surface area contributed by atoms with Gasteiger partial charge in [-0.15, -0.1) is 0 Å². The average Bonchev–Trinajstić information content (AvgIpc) is 2.79. The number of methoxy groups -OCH3 is 2. The number of likely N-dealkylation sites (tertiary alicyclic amines) is 1. The Balaban J connectivity index is 1.88. The van der Waals surface area contributed by atoms with Crippen molar-refractivity contribution in [2.75, 3.05) is 27.3 Å². The molecule has 2 aromatic carbocycles. The van der Waals surface area contributed by atoms with Crippen LogP contribution in [0.15, 0.2) is 54.9 Å². The molecule has 30 heavy (non-hydrogen) atoms. The van der Waals surface area contributed by atoms with Crippen molar-refractivity contribution in [1.82, 2.24) is 9.88 Å². The molecule has 1 N–H and O–H groups in total. The molecule has 2 atom stereocenters. The highest BCUT2D eigenvalue weighted by Gasteiger charge is 2.34. The summed E-state index contributed by atoms with van der Waals surface area (Å²) in [7, 11) is 3.30. The summed E-state index contributed by atoms with van der Waals surface area (Å²) >= 11 is 0. The number of carboxylic acid groups (broad SMARTS) is 1. The van der Waals surface area contributed by atoms with Gasteiger partial charge in [-0.3, -0.25) is 14.7 Å². The fourth-order valence-corrected chi connectivity index (χ4v) is 4.42. The van der Waals surface area contributed by atoms with Gasteiger partial charge in [0.2, 0.25) is 0 Å². The number of fused-ring (bicyclic) bond motifs is 1. The monoisotopic (exact) mass is 406 g/mol. The summed E-state index contributed by atoms with van der Waals surface area (Å²) in [6.45, 7) is 1.29. The van der Waals surface area contributed by atoms with Gasteiger partial charge in [-0.2, -0.15) is 0 Å². The first-order chi connectivity index (χ1) is 14.6. The van der Waals surface area contributed by atoms with Gasteiger partial charge in [0, 0.05) is 24.3 Å². The Labute approximate surface area is 176 Å². The van der Waals surface area contributed by atoms with Crippen LogP contribution in [-0.2, 0) is 4.79 Å². The Morgan fingerprint density at radius 2 is 1.90 bits per heavy atom. The van der Waals surface area contributed by atoms with Crippen molar-refractivity contribution < 1.29 is 19.4 Å². The zero-order valence-corrected chi connectivity index (χ0v) is 17.2. The van der Waals surface area contributed by atoms with Crippen LogP contribution in [0.4, 0.5) is 0 Å². The number of hydrogen-bond donors (Lipinski definition) is 1. The largest absolute Gasteiger partial charge is 0.496 e. The highest BCUT2D eigenvalue weighted by molar-refractivity contribution is 5.82. The van der Waals surface area contributed by atoms with Crippen molar-refractivity contribution in [3.8, 4) is 11.5 Å². The summed E-state index contributed by atoms with van der Waals surface area (Å²) in [5.74, 6) is 0.333. The molecule has 0 saturated carbocycles. The number of hydrogen-bond acceptors (Lipinski definition) is 5. The first kappa shape index (κ1) is 20.2. The number of carboxylic acids is 1. The van der Waals surface area contributed by atoms with E-state index in [1.807, 2.05) is 30.5 Å². The molecule has 4 rings (SSSR count). The molecular formula is C24H26N2O4. The zero-order chi connectivity index (χ0) is 21.1. The van der Waals surface area contributed by atoms with E-state index in [2.05, 4.69) is 28.1 Å². The fraction of sp³-hybridized carbons (Fsp3) is 0.333. The van der Waals surface area contributed by atoms with E-state index in [-0.39, 0.29) is 12.0 Å². The van der Waals surface area contributed by atoms with Gasteiger partial charge >= 0.3 is 5.97 Å². The topological polar surface area (TPSA) is 71.9 Å². The van der Waals surface area contributed by atoms with E-state index < -0.39 is 5.97 Å². The van der Waals surface area contributed by atoms with E-state index in [4.69, 9.17) is 9.47 Å². The van der Waals surface area contributed by atoms with E-state index in [1.165, 1.54) is 0 Å². The molecule has 0 bridgehead atoms. The third kappa shape index (κ3) is 3.83. The zero-order valence-electron chi connectivity index (χ0n) is 17.2. The van der Waals surface area contributed by atoms with Gasteiger partial charge in [-0.1, -0.05) is 18.2 Å². The fourth-order valence-electron chi connectivity index (χ4n) is 4.42. The number of aliphatic carboxylic acids is 1. The highest BCUT2D eigenvalue weighted by Crippen LogP contribution is 2.42. The van der Waals surface area contributed by atoms with Crippen LogP contribution in [-0.4, -0.2) is 48.3 Å². The van der Waals surface area contributed by atoms with Crippen molar-refractivity contribution in [2.45, 2.75) is 18.9 Å². The Morgan fingerprint density at radius 3 is 2.60 bits per heavy atom.